The summed E-state index contributed by atoms with van der Waals surface area (Å²) in [5.41, 5.74) is -0.521. The van der Waals surface area contributed by atoms with Crippen LogP contribution in [0, 0.1) is 5.41 Å². The van der Waals surface area contributed by atoms with Gasteiger partial charge in [-0.3, -0.25) is 9.59 Å². The Kier molecular flexibility index (Phi) is 4.95. The minimum absolute atomic E-state index is 0.102. The molecule has 0 saturated heterocycles. The molecule has 0 aromatic carbocycles. The summed E-state index contributed by atoms with van der Waals surface area (Å²) < 4.78 is 28.9. The molecule has 0 bridgehead atoms. The maximum Gasteiger partial charge on any atom is 0.306 e. The summed E-state index contributed by atoms with van der Waals surface area (Å²) in [6.07, 6.45) is 1.47. The standard InChI is InChI=1S/C12H21NO5S/c1-4-13-11(15)9(2)19(16,17)8-12(5-6-12)7-10(14)18-3/h9H,4-8H2,1-3H3,(H,13,15). The summed E-state index contributed by atoms with van der Waals surface area (Å²) in [7, 11) is -2.27. The Hall–Kier alpha value is -1.11. The van der Waals surface area contributed by atoms with Crippen molar-refractivity contribution in [3.63, 3.8) is 0 Å². The topological polar surface area (TPSA) is 89.5 Å². The minimum atomic E-state index is -3.55. The normalized spacial score (nSPS) is 18.5. The van der Waals surface area contributed by atoms with Crippen molar-refractivity contribution in [2.45, 2.75) is 38.4 Å². The fourth-order valence-corrected chi connectivity index (χ4v) is 3.86. The van der Waals surface area contributed by atoms with Crippen molar-refractivity contribution in [2.75, 3.05) is 19.4 Å². The summed E-state index contributed by atoms with van der Waals surface area (Å²) in [5, 5.41) is 1.42. The summed E-state index contributed by atoms with van der Waals surface area (Å²) in [4.78, 5) is 22.9. The molecule has 6 nitrogen and oxygen atoms in total. The summed E-state index contributed by atoms with van der Waals surface area (Å²) in [6, 6.07) is 0. The predicted octanol–water partition coefficient (Wildman–Crippen LogP) is 0.269. The first kappa shape index (κ1) is 15.9. The molecule has 0 aromatic heterocycles. The van der Waals surface area contributed by atoms with Crippen molar-refractivity contribution in [3.05, 3.63) is 0 Å². The van der Waals surface area contributed by atoms with Gasteiger partial charge in [0.05, 0.1) is 19.3 Å². The van der Waals surface area contributed by atoms with Gasteiger partial charge in [-0.15, -0.1) is 0 Å². The highest BCUT2D eigenvalue weighted by atomic mass is 32.2. The van der Waals surface area contributed by atoms with Crippen LogP contribution in [0.3, 0.4) is 0 Å². The molecule has 1 saturated carbocycles. The van der Waals surface area contributed by atoms with Gasteiger partial charge in [-0.25, -0.2) is 8.42 Å². The van der Waals surface area contributed by atoms with E-state index in [0.29, 0.717) is 19.4 Å². The van der Waals surface area contributed by atoms with Crippen LogP contribution in [0.2, 0.25) is 0 Å². The van der Waals surface area contributed by atoms with Gasteiger partial charge in [-0.1, -0.05) is 0 Å². The number of esters is 1. The van der Waals surface area contributed by atoms with E-state index in [0.717, 1.165) is 0 Å². The van der Waals surface area contributed by atoms with Crippen molar-refractivity contribution in [2.24, 2.45) is 5.41 Å². The van der Waals surface area contributed by atoms with Gasteiger partial charge in [-0.2, -0.15) is 0 Å². The van der Waals surface area contributed by atoms with Crippen molar-refractivity contribution in [1.82, 2.24) is 5.32 Å². The lowest BCUT2D eigenvalue weighted by molar-refractivity contribution is -0.141. The molecule has 1 fully saturated rings. The second kappa shape index (κ2) is 5.90. The highest BCUT2D eigenvalue weighted by molar-refractivity contribution is 7.92. The van der Waals surface area contributed by atoms with Gasteiger partial charge in [0, 0.05) is 6.54 Å². The van der Waals surface area contributed by atoms with Crippen molar-refractivity contribution < 1.29 is 22.7 Å². The summed E-state index contributed by atoms with van der Waals surface area (Å²) in [6.45, 7) is 3.51. The zero-order valence-corrected chi connectivity index (χ0v) is 12.4. The lowest BCUT2D eigenvalue weighted by Crippen LogP contribution is -2.40. The molecule has 0 aliphatic heterocycles. The van der Waals surface area contributed by atoms with Crippen LogP contribution in [-0.2, 0) is 24.2 Å². The number of amides is 1. The largest absolute Gasteiger partial charge is 0.469 e. The number of carbonyl (C=O) groups is 2. The first-order chi connectivity index (χ1) is 8.76. The zero-order chi connectivity index (χ0) is 14.7. The van der Waals surface area contributed by atoms with Gasteiger partial charge in [0.15, 0.2) is 9.84 Å². The third kappa shape index (κ3) is 4.19. The Balaban J connectivity index is 2.69. The number of methoxy groups -OCH3 is 1. The smallest absolute Gasteiger partial charge is 0.306 e. The van der Waals surface area contributed by atoms with E-state index in [4.69, 9.17) is 0 Å². The zero-order valence-electron chi connectivity index (χ0n) is 11.6. The predicted molar refractivity (Wildman–Crippen MR) is 70.2 cm³/mol. The van der Waals surface area contributed by atoms with Crippen LogP contribution in [0.25, 0.3) is 0 Å². The lowest BCUT2D eigenvalue weighted by atomic mass is 10.1. The first-order valence-corrected chi connectivity index (χ1v) is 8.04. The molecule has 1 amide bonds. The van der Waals surface area contributed by atoms with Crippen LogP contribution in [0.5, 0.6) is 0 Å². The molecule has 0 heterocycles. The van der Waals surface area contributed by atoms with Gasteiger partial charge in [-0.05, 0) is 32.1 Å². The minimum Gasteiger partial charge on any atom is -0.469 e. The average Bonchev–Trinajstić information content (AvgIpc) is 3.06. The van der Waals surface area contributed by atoms with Gasteiger partial charge in [0.1, 0.15) is 5.25 Å². The average molecular weight is 291 g/mol. The Morgan fingerprint density at radius 1 is 1.37 bits per heavy atom. The molecule has 1 aliphatic carbocycles. The Morgan fingerprint density at radius 3 is 2.37 bits per heavy atom. The van der Waals surface area contributed by atoms with E-state index in [1.54, 1.807) is 6.92 Å². The van der Waals surface area contributed by atoms with Crippen LogP contribution < -0.4 is 5.32 Å². The third-order valence-electron chi connectivity index (χ3n) is 3.47. The molecule has 0 radical (unpaired) electrons. The Labute approximate surface area is 113 Å². The van der Waals surface area contributed by atoms with E-state index in [-0.39, 0.29) is 12.2 Å². The number of hydrogen-bond donors (Lipinski definition) is 1. The van der Waals surface area contributed by atoms with Gasteiger partial charge >= 0.3 is 5.97 Å². The van der Waals surface area contributed by atoms with Crippen LogP contribution in [0.4, 0.5) is 0 Å². The van der Waals surface area contributed by atoms with Crippen LogP contribution in [0.1, 0.15) is 33.1 Å². The highest BCUT2D eigenvalue weighted by Crippen LogP contribution is 2.50. The summed E-state index contributed by atoms with van der Waals surface area (Å²) in [5.74, 6) is -1.03. The van der Waals surface area contributed by atoms with Gasteiger partial charge < -0.3 is 10.1 Å². The number of nitrogens with one attached hydrogen (secondary N) is 1. The molecular formula is C12H21NO5S. The maximum atomic E-state index is 12.2. The molecule has 110 valence electrons. The lowest BCUT2D eigenvalue weighted by Gasteiger charge is -2.17. The first-order valence-electron chi connectivity index (χ1n) is 6.32. The number of carbonyl (C=O) groups excluding carboxylic acids is 2. The van der Waals surface area contributed by atoms with Crippen LogP contribution >= 0.6 is 0 Å². The molecule has 1 atom stereocenters. The second-order valence-corrected chi connectivity index (χ2v) is 7.42. The van der Waals surface area contributed by atoms with E-state index in [9.17, 15) is 18.0 Å². The van der Waals surface area contributed by atoms with E-state index >= 15 is 0 Å². The number of rotatable bonds is 7. The number of sulfone groups is 1. The monoisotopic (exact) mass is 291 g/mol. The molecule has 1 aliphatic rings. The second-order valence-electron chi connectivity index (χ2n) is 5.10. The molecular weight excluding hydrogens is 270 g/mol. The third-order valence-corrected chi connectivity index (χ3v) is 5.78. The van der Waals surface area contributed by atoms with E-state index in [1.165, 1.54) is 14.0 Å². The van der Waals surface area contributed by atoms with Gasteiger partial charge in [0.2, 0.25) is 5.91 Å². The fourth-order valence-electron chi connectivity index (χ4n) is 1.96. The molecule has 0 aromatic rings. The van der Waals surface area contributed by atoms with Crippen molar-refractivity contribution >= 4 is 21.7 Å². The van der Waals surface area contributed by atoms with E-state index in [2.05, 4.69) is 10.1 Å². The molecule has 1 unspecified atom stereocenters. The van der Waals surface area contributed by atoms with Crippen molar-refractivity contribution in [3.8, 4) is 0 Å². The van der Waals surface area contributed by atoms with Crippen LogP contribution in [0.15, 0.2) is 0 Å². The fraction of sp³-hybridized carbons (Fsp3) is 0.833. The number of hydrogen-bond acceptors (Lipinski definition) is 5. The SMILES string of the molecule is CCNC(=O)C(C)S(=O)(=O)CC1(CC(=O)OC)CC1. The van der Waals surface area contributed by atoms with E-state index < -0.39 is 32.4 Å². The molecule has 7 heteroatoms. The summed E-state index contributed by atoms with van der Waals surface area (Å²) >= 11 is 0. The molecule has 0 spiro atoms. The molecule has 1 N–H and O–H groups in total. The van der Waals surface area contributed by atoms with Gasteiger partial charge in [0.25, 0.3) is 0 Å². The molecule has 1 rings (SSSR count). The Bertz CT molecular complexity index is 453. The Morgan fingerprint density at radius 2 is 1.95 bits per heavy atom. The van der Waals surface area contributed by atoms with E-state index in [1.807, 2.05) is 0 Å². The highest BCUT2D eigenvalue weighted by Gasteiger charge is 2.49. The van der Waals surface area contributed by atoms with Crippen LogP contribution in [-0.4, -0.2) is 45.0 Å². The molecule has 19 heavy (non-hydrogen) atoms. The quantitative estimate of drug-likeness (QED) is 0.680. The maximum absolute atomic E-state index is 12.2. The van der Waals surface area contributed by atoms with Crippen molar-refractivity contribution in [1.29, 1.82) is 0 Å². The number of ether oxygens (including phenoxy) is 1.